The van der Waals surface area contributed by atoms with Crippen LogP contribution in [-0.4, -0.2) is 24.3 Å². The number of rotatable bonds is 7. The van der Waals surface area contributed by atoms with Gasteiger partial charge in [-0.25, -0.2) is 0 Å². The third-order valence-electron chi connectivity index (χ3n) is 4.50. The van der Waals surface area contributed by atoms with E-state index in [-0.39, 0.29) is 36.2 Å². The van der Waals surface area contributed by atoms with E-state index in [1.54, 1.807) is 18.2 Å². The van der Waals surface area contributed by atoms with E-state index in [2.05, 4.69) is 31.9 Å². The minimum atomic E-state index is -0.306. The number of benzene rings is 2. The number of anilines is 1. The van der Waals surface area contributed by atoms with E-state index < -0.39 is 0 Å². The van der Waals surface area contributed by atoms with Crippen LogP contribution in [0.15, 0.2) is 53.0 Å². The molecule has 28 heavy (non-hydrogen) atoms. The second-order valence-corrected chi connectivity index (χ2v) is 7.78. The van der Waals surface area contributed by atoms with Gasteiger partial charge in [-0.1, -0.05) is 34.1 Å². The third-order valence-corrected chi connectivity index (χ3v) is 4.99. The Kier molecular flexibility index (Phi) is 6.46. The van der Waals surface area contributed by atoms with Gasteiger partial charge < -0.3 is 16.0 Å². The highest BCUT2D eigenvalue weighted by Crippen LogP contribution is 2.30. The molecule has 3 N–H and O–H groups in total. The smallest absolute Gasteiger partial charge is 0.251 e. The van der Waals surface area contributed by atoms with E-state index in [0.717, 1.165) is 28.6 Å². The van der Waals surface area contributed by atoms with Gasteiger partial charge in [0.15, 0.2) is 0 Å². The van der Waals surface area contributed by atoms with Crippen molar-refractivity contribution in [1.82, 2.24) is 10.6 Å². The maximum absolute atomic E-state index is 12.1. The molecule has 1 saturated carbocycles. The molecule has 1 unspecified atom stereocenters. The zero-order valence-electron chi connectivity index (χ0n) is 15.5. The molecule has 0 aliphatic heterocycles. The normalized spacial score (nSPS) is 14.1. The fourth-order valence-electron chi connectivity index (χ4n) is 2.71. The van der Waals surface area contributed by atoms with Crippen LogP contribution in [-0.2, 0) is 9.59 Å². The molecule has 0 bridgehead atoms. The van der Waals surface area contributed by atoms with Crippen LogP contribution < -0.4 is 16.0 Å². The lowest BCUT2D eigenvalue weighted by molar-refractivity contribution is -0.120. The molecule has 6 nitrogen and oxygen atoms in total. The molecule has 2 aromatic rings. The van der Waals surface area contributed by atoms with Crippen molar-refractivity contribution in [3.8, 4) is 0 Å². The Morgan fingerprint density at radius 3 is 2.46 bits per heavy atom. The predicted octanol–water partition coefficient (Wildman–Crippen LogP) is 3.40. The largest absolute Gasteiger partial charge is 0.348 e. The molecule has 0 radical (unpaired) electrons. The van der Waals surface area contributed by atoms with E-state index >= 15 is 0 Å². The Morgan fingerprint density at radius 1 is 1.11 bits per heavy atom. The van der Waals surface area contributed by atoms with Crippen molar-refractivity contribution in [2.45, 2.75) is 25.8 Å². The highest BCUT2D eigenvalue weighted by atomic mass is 79.9. The zero-order valence-corrected chi connectivity index (χ0v) is 17.1. The van der Waals surface area contributed by atoms with Crippen LogP contribution in [0, 0.1) is 5.92 Å². The Hall–Kier alpha value is -2.67. The molecule has 0 aromatic heterocycles. The summed E-state index contributed by atoms with van der Waals surface area (Å²) in [5, 5.41) is 8.35. The lowest BCUT2D eigenvalue weighted by Gasteiger charge is -2.15. The van der Waals surface area contributed by atoms with Crippen molar-refractivity contribution < 1.29 is 14.4 Å². The molecule has 0 spiro atoms. The minimum absolute atomic E-state index is 0.0651. The SMILES string of the molecule is CC(NC(=O)CNC(=O)c1cccc(Br)c1)c1ccc(NC(=O)C2CC2)cc1. The van der Waals surface area contributed by atoms with Gasteiger partial charge in [0.05, 0.1) is 12.6 Å². The second-order valence-electron chi connectivity index (χ2n) is 6.87. The summed E-state index contributed by atoms with van der Waals surface area (Å²) in [6, 6.07) is 14.1. The lowest BCUT2D eigenvalue weighted by Crippen LogP contribution is -2.38. The summed E-state index contributed by atoms with van der Waals surface area (Å²) in [5.41, 5.74) is 2.15. The molecule has 7 heteroatoms. The summed E-state index contributed by atoms with van der Waals surface area (Å²) in [7, 11) is 0. The first kappa shape index (κ1) is 20.1. The summed E-state index contributed by atoms with van der Waals surface area (Å²) < 4.78 is 0.801. The molecular formula is C21H22BrN3O3. The van der Waals surface area contributed by atoms with Crippen molar-refractivity contribution >= 4 is 39.3 Å². The molecular weight excluding hydrogens is 422 g/mol. The van der Waals surface area contributed by atoms with Gasteiger partial charge in [0.2, 0.25) is 11.8 Å². The van der Waals surface area contributed by atoms with Crippen LogP contribution in [0.2, 0.25) is 0 Å². The standard InChI is InChI=1S/C21H22BrN3O3/c1-13(14-7-9-18(10-8-14)25-21(28)15-5-6-15)24-19(26)12-23-20(27)16-3-2-4-17(22)11-16/h2-4,7-11,13,15H,5-6,12H2,1H3,(H,23,27)(H,24,26)(H,25,28). The highest BCUT2D eigenvalue weighted by molar-refractivity contribution is 9.10. The number of halogens is 1. The van der Waals surface area contributed by atoms with Crippen molar-refractivity contribution in [3.63, 3.8) is 0 Å². The van der Waals surface area contributed by atoms with Crippen LogP contribution in [0.1, 0.15) is 41.7 Å². The number of amides is 3. The fourth-order valence-corrected chi connectivity index (χ4v) is 3.11. The highest BCUT2D eigenvalue weighted by Gasteiger charge is 2.29. The summed E-state index contributed by atoms with van der Waals surface area (Å²) >= 11 is 3.31. The van der Waals surface area contributed by atoms with E-state index in [9.17, 15) is 14.4 Å². The first-order valence-corrected chi connectivity index (χ1v) is 9.95. The van der Waals surface area contributed by atoms with Crippen LogP contribution in [0.25, 0.3) is 0 Å². The maximum atomic E-state index is 12.1. The monoisotopic (exact) mass is 443 g/mol. The van der Waals surface area contributed by atoms with E-state index in [0.29, 0.717) is 5.56 Å². The second kappa shape index (κ2) is 9.01. The van der Waals surface area contributed by atoms with Crippen molar-refractivity contribution in [3.05, 3.63) is 64.1 Å². The van der Waals surface area contributed by atoms with Gasteiger partial charge in [-0.05, 0) is 55.7 Å². The van der Waals surface area contributed by atoms with Gasteiger partial charge in [-0.15, -0.1) is 0 Å². The molecule has 1 aliphatic carbocycles. The Bertz CT molecular complexity index is 879. The first-order chi connectivity index (χ1) is 13.4. The van der Waals surface area contributed by atoms with Crippen LogP contribution in [0.4, 0.5) is 5.69 Å². The fraction of sp³-hybridized carbons (Fsp3) is 0.286. The summed E-state index contributed by atoms with van der Waals surface area (Å²) in [6.07, 6.45) is 1.93. The molecule has 3 rings (SSSR count). The Morgan fingerprint density at radius 2 is 1.82 bits per heavy atom. The van der Waals surface area contributed by atoms with Crippen molar-refractivity contribution in [1.29, 1.82) is 0 Å². The number of hydrogen-bond acceptors (Lipinski definition) is 3. The van der Waals surface area contributed by atoms with Gasteiger partial charge in [-0.2, -0.15) is 0 Å². The average molecular weight is 444 g/mol. The molecule has 146 valence electrons. The van der Waals surface area contributed by atoms with Gasteiger partial charge in [-0.3, -0.25) is 14.4 Å². The van der Waals surface area contributed by atoms with Crippen LogP contribution in [0.3, 0.4) is 0 Å². The van der Waals surface area contributed by atoms with Crippen LogP contribution >= 0.6 is 15.9 Å². The molecule has 0 saturated heterocycles. The quantitative estimate of drug-likeness (QED) is 0.612. The van der Waals surface area contributed by atoms with Crippen LogP contribution in [0.5, 0.6) is 0 Å². The summed E-state index contributed by atoms with van der Waals surface area (Å²) in [4.78, 5) is 36.0. The van der Waals surface area contributed by atoms with E-state index in [4.69, 9.17) is 0 Å². The molecule has 1 atom stereocenters. The number of carbonyl (C=O) groups excluding carboxylic acids is 3. The average Bonchev–Trinajstić information content (AvgIpc) is 3.52. The molecule has 0 heterocycles. The van der Waals surface area contributed by atoms with Gasteiger partial charge in [0, 0.05) is 21.6 Å². The van der Waals surface area contributed by atoms with Gasteiger partial charge >= 0.3 is 0 Å². The van der Waals surface area contributed by atoms with E-state index in [1.807, 2.05) is 37.3 Å². The third kappa shape index (κ3) is 5.66. The number of carbonyl (C=O) groups is 3. The Labute approximate surface area is 172 Å². The maximum Gasteiger partial charge on any atom is 0.251 e. The van der Waals surface area contributed by atoms with Crippen molar-refractivity contribution in [2.75, 3.05) is 11.9 Å². The zero-order chi connectivity index (χ0) is 20.1. The Balaban J connectivity index is 1.46. The summed E-state index contributed by atoms with van der Waals surface area (Å²) in [6.45, 7) is 1.76. The van der Waals surface area contributed by atoms with E-state index in [1.165, 1.54) is 0 Å². The van der Waals surface area contributed by atoms with Crippen molar-refractivity contribution in [2.24, 2.45) is 5.92 Å². The summed E-state index contributed by atoms with van der Waals surface area (Å²) in [5.74, 6) is -0.359. The van der Waals surface area contributed by atoms with Gasteiger partial charge in [0.1, 0.15) is 0 Å². The lowest BCUT2D eigenvalue weighted by atomic mass is 10.1. The van der Waals surface area contributed by atoms with Gasteiger partial charge in [0.25, 0.3) is 5.91 Å². The number of nitrogens with one attached hydrogen (secondary N) is 3. The molecule has 1 aliphatic rings. The molecule has 1 fully saturated rings. The predicted molar refractivity (Wildman–Crippen MR) is 111 cm³/mol. The number of hydrogen-bond donors (Lipinski definition) is 3. The molecule has 3 amide bonds. The first-order valence-electron chi connectivity index (χ1n) is 9.16. The molecule has 2 aromatic carbocycles. The minimum Gasteiger partial charge on any atom is -0.348 e. The topological polar surface area (TPSA) is 87.3 Å².